The molecule has 0 bridgehead atoms. The van der Waals surface area contributed by atoms with Gasteiger partial charge in [0.1, 0.15) is 11.4 Å². The predicted octanol–water partition coefficient (Wildman–Crippen LogP) is 0.807. The maximum Gasteiger partial charge on any atom is 0.377 e. The predicted molar refractivity (Wildman–Crippen MR) is 46.6 cm³/mol. The third-order valence-electron chi connectivity index (χ3n) is 1.73. The number of phenolic OH excluding ortho intramolecular Hbond substituents is 1. The lowest BCUT2D eigenvalue weighted by Gasteiger charge is -2.06. The fourth-order valence-electron chi connectivity index (χ4n) is 1.04. The number of hydrogen-bond acceptors (Lipinski definition) is 4. The van der Waals surface area contributed by atoms with E-state index < -0.39 is 28.9 Å². The van der Waals surface area contributed by atoms with Crippen molar-refractivity contribution in [1.82, 2.24) is 0 Å². The number of ether oxygens (including phenoxy) is 1. The minimum atomic E-state index is -1.85. The van der Waals surface area contributed by atoms with E-state index in [4.69, 9.17) is 5.11 Å². The maximum atomic E-state index is 13.1. The number of carboxylic acid groups (broad SMARTS) is 1. The highest BCUT2D eigenvalue weighted by Gasteiger charge is 2.25. The molecule has 0 unspecified atom stereocenters. The minimum absolute atomic E-state index is 0.166. The molecule has 0 saturated heterocycles. The first kappa shape index (κ1) is 11.0. The number of hydrogen-bond donors (Lipinski definition) is 2. The molecule has 0 heterocycles. The number of halogens is 1. The zero-order valence-electron chi connectivity index (χ0n) is 7.65. The van der Waals surface area contributed by atoms with Crippen molar-refractivity contribution in [2.45, 2.75) is 0 Å². The Hall–Kier alpha value is -2.11. The van der Waals surface area contributed by atoms with E-state index in [0.29, 0.717) is 0 Å². The number of phenols is 1. The zero-order valence-corrected chi connectivity index (χ0v) is 7.65. The van der Waals surface area contributed by atoms with Gasteiger partial charge in [0.15, 0.2) is 11.5 Å². The first-order chi connectivity index (χ1) is 6.99. The molecule has 0 fully saturated rings. The van der Waals surface area contributed by atoms with Crippen LogP contribution in [0.25, 0.3) is 0 Å². The van der Waals surface area contributed by atoms with Gasteiger partial charge in [0.2, 0.25) is 0 Å². The molecule has 15 heavy (non-hydrogen) atoms. The SMILES string of the molecule is COc1ccc(F)c(C(=O)C(=O)O)c1O. The van der Waals surface area contributed by atoms with E-state index in [9.17, 15) is 19.1 Å². The van der Waals surface area contributed by atoms with Gasteiger partial charge in [0.25, 0.3) is 5.78 Å². The first-order valence-electron chi connectivity index (χ1n) is 3.82. The summed E-state index contributed by atoms with van der Waals surface area (Å²) in [5.74, 6) is -5.46. The molecule has 0 aliphatic rings. The Morgan fingerprint density at radius 1 is 1.40 bits per heavy atom. The van der Waals surface area contributed by atoms with E-state index in [1.54, 1.807) is 0 Å². The van der Waals surface area contributed by atoms with Crippen molar-refractivity contribution < 1.29 is 28.9 Å². The van der Waals surface area contributed by atoms with Crippen LogP contribution >= 0.6 is 0 Å². The van der Waals surface area contributed by atoms with Gasteiger partial charge in [0, 0.05) is 0 Å². The number of Topliss-reactive ketones (excluding diaryl/α,β-unsaturated/α-hetero) is 1. The van der Waals surface area contributed by atoms with Crippen LogP contribution in [0.5, 0.6) is 11.5 Å². The molecule has 0 aliphatic heterocycles. The van der Waals surface area contributed by atoms with E-state index in [-0.39, 0.29) is 5.75 Å². The van der Waals surface area contributed by atoms with Crippen LogP contribution in [0.4, 0.5) is 4.39 Å². The average Bonchev–Trinajstić information content (AvgIpc) is 2.17. The Morgan fingerprint density at radius 3 is 2.47 bits per heavy atom. The highest BCUT2D eigenvalue weighted by molar-refractivity contribution is 6.40. The molecule has 2 N–H and O–H groups in total. The molecule has 5 nitrogen and oxygen atoms in total. The quantitative estimate of drug-likeness (QED) is 0.574. The molecule has 0 aromatic heterocycles. The second kappa shape index (κ2) is 3.95. The smallest absolute Gasteiger partial charge is 0.377 e. The van der Waals surface area contributed by atoms with Crippen molar-refractivity contribution in [2.24, 2.45) is 0 Å². The van der Waals surface area contributed by atoms with Crippen LogP contribution in [0.15, 0.2) is 12.1 Å². The Morgan fingerprint density at radius 2 is 2.00 bits per heavy atom. The fraction of sp³-hybridized carbons (Fsp3) is 0.111. The van der Waals surface area contributed by atoms with Crippen LogP contribution in [0.3, 0.4) is 0 Å². The highest BCUT2D eigenvalue weighted by atomic mass is 19.1. The molecule has 1 aromatic rings. The summed E-state index contributed by atoms with van der Waals surface area (Å²) in [6.45, 7) is 0. The van der Waals surface area contributed by atoms with Gasteiger partial charge in [-0.3, -0.25) is 4.79 Å². The van der Waals surface area contributed by atoms with Crippen molar-refractivity contribution in [2.75, 3.05) is 7.11 Å². The summed E-state index contributed by atoms with van der Waals surface area (Å²) < 4.78 is 17.7. The molecule has 0 amide bonds. The van der Waals surface area contributed by atoms with Crippen LogP contribution in [0, 0.1) is 5.82 Å². The number of benzene rings is 1. The summed E-state index contributed by atoms with van der Waals surface area (Å²) in [7, 11) is 1.20. The Balaban J connectivity index is 3.39. The van der Waals surface area contributed by atoms with Gasteiger partial charge in [-0.05, 0) is 12.1 Å². The average molecular weight is 214 g/mol. The third kappa shape index (κ3) is 1.88. The summed E-state index contributed by atoms with van der Waals surface area (Å²) >= 11 is 0. The van der Waals surface area contributed by atoms with Gasteiger partial charge < -0.3 is 14.9 Å². The topological polar surface area (TPSA) is 83.8 Å². The minimum Gasteiger partial charge on any atom is -0.504 e. The summed E-state index contributed by atoms with van der Waals surface area (Å²) in [5.41, 5.74) is -0.901. The molecule has 1 rings (SSSR count). The largest absolute Gasteiger partial charge is 0.504 e. The third-order valence-corrected chi connectivity index (χ3v) is 1.73. The van der Waals surface area contributed by atoms with Crippen LogP contribution in [0.2, 0.25) is 0 Å². The summed E-state index contributed by atoms with van der Waals surface area (Å²) in [4.78, 5) is 21.3. The van der Waals surface area contributed by atoms with Crippen molar-refractivity contribution in [1.29, 1.82) is 0 Å². The molecule has 0 saturated carbocycles. The number of carboxylic acids is 1. The molecule has 6 heteroatoms. The van der Waals surface area contributed by atoms with Crippen LogP contribution in [-0.2, 0) is 4.79 Å². The van der Waals surface area contributed by atoms with E-state index in [2.05, 4.69) is 4.74 Å². The van der Waals surface area contributed by atoms with E-state index >= 15 is 0 Å². The Kier molecular flexibility index (Phi) is 2.89. The lowest BCUT2D eigenvalue weighted by Crippen LogP contribution is -2.15. The van der Waals surface area contributed by atoms with Crippen LogP contribution in [-0.4, -0.2) is 29.1 Å². The van der Waals surface area contributed by atoms with E-state index in [1.807, 2.05) is 0 Å². The number of rotatable bonds is 3. The van der Waals surface area contributed by atoms with Crippen molar-refractivity contribution in [3.63, 3.8) is 0 Å². The second-order valence-corrected chi connectivity index (χ2v) is 2.61. The van der Waals surface area contributed by atoms with Crippen molar-refractivity contribution in [3.05, 3.63) is 23.5 Å². The van der Waals surface area contributed by atoms with E-state index in [1.165, 1.54) is 7.11 Å². The van der Waals surface area contributed by atoms with Crippen LogP contribution in [0.1, 0.15) is 10.4 Å². The van der Waals surface area contributed by atoms with Gasteiger partial charge in [0.05, 0.1) is 7.11 Å². The van der Waals surface area contributed by atoms with Gasteiger partial charge in [-0.2, -0.15) is 0 Å². The monoisotopic (exact) mass is 214 g/mol. The molecule has 0 spiro atoms. The first-order valence-corrected chi connectivity index (χ1v) is 3.82. The molecule has 1 aromatic carbocycles. The number of carbonyl (C=O) groups is 2. The molecule has 80 valence electrons. The standard InChI is InChI=1S/C9H7FO5/c1-15-5-3-2-4(10)6(7(5)11)8(12)9(13)14/h2-3,11H,1H3,(H,13,14). The molecule has 0 atom stereocenters. The normalized spacial score (nSPS) is 9.73. The summed E-state index contributed by atoms with van der Waals surface area (Å²) in [5, 5.41) is 17.7. The molecular formula is C9H7FO5. The zero-order chi connectivity index (χ0) is 11.6. The van der Waals surface area contributed by atoms with Crippen LogP contribution < -0.4 is 4.74 Å². The molecular weight excluding hydrogens is 207 g/mol. The maximum absolute atomic E-state index is 13.1. The van der Waals surface area contributed by atoms with Crippen molar-refractivity contribution in [3.8, 4) is 11.5 Å². The van der Waals surface area contributed by atoms with Gasteiger partial charge in [-0.15, -0.1) is 0 Å². The number of methoxy groups -OCH3 is 1. The number of aromatic hydroxyl groups is 1. The lowest BCUT2D eigenvalue weighted by molar-refractivity contribution is -0.131. The van der Waals surface area contributed by atoms with Gasteiger partial charge in [-0.25, -0.2) is 9.18 Å². The number of aliphatic carboxylic acids is 1. The highest BCUT2D eigenvalue weighted by Crippen LogP contribution is 2.31. The Labute approximate surface area is 83.7 Å². The van der Waals surface area contributed by atoms with Gasteiger partial charge >= 0.3 is 5.97 Å². The van der Waals surface area contributed by atoms with E-state index in [0.717, 1.165) is 12.1 Å². The summed E-state index contributed by atoms with van der Waals surface area (Å²) in [6.07, 6.45) is 0. The Bertz CT molecular complexity index is 427. The fourth-order valence-corrected chi connectivity index (χ4v) is 1.04. The lowest BCUT2D eigenvalue weighted by atomic mass is 10.1. The second-order valence-electron chi connectivity index (χ2n) is 2.61. The molecule has 0 aliphatic carbocycles. The molecule has 0 radical (unpaired) electrons. The summed E-state index contributed by atoms with van der Waals surface area (Å²) in [6, 6.07) is 1.93. The van der Waals surface area contributed by atoms with Crippen molar-refractivity contribution >= 4 is 11.8 Å². The number of ketones is 1. The van der Waals surface area contributed by atoms with Gasteiger partial charge in [-0.1, -0.05) is 0 Å². The number of carbonyl (C=O) groups excluding carboxylic acids is 1.